The average Bonchev–Trinajstić information content (AvgIpc) is 2.90. The minimum absolute atomic E-state index is 0.0395. The summed E-state index contributed by atoms with van der Waals surface area (Å²) < 4.78 is 1.07. The fraction of sp³-hybridized carbons (Fsp3) is 0.562. The van der Waals surface area contributed by atoms with E-state index < -0.39 is 0 Å². The Kier molecular flexibility index (Phi) is 3.74. The number of rotatable bonds is 3. The number of carbonyl (C=O) groups is 1. The molecule has 1 aromatic rings. The van der Waals surface area contributed by atoms with Gasteiger partial charge in [-0.1, -0.05) is 20.8 Å². The number of benzene rings is 1. The van der Waals surface area contributed by atoms with E-state index in [2.05, 4.69) is 57.4 Å². The van der Waals surface area contributed by atoms with Gasteiger partial charge in [0.25, 0.3) is 0 Å². The molecule has 4 nitrogen and oxygen atoms in total. The molecule has 0 bridgehead atoms. The molecule has 1 unspecified atom stereocenters. The van der Waals surface area contributed by atoms with Gasteiger partial charge in [-0.25, -0.2) is 0 Å². The van der Waals surface area contributed by atoms with E-state index in [9.17, 15) is 4.79 Å². The Morgan fingerprint density at radius 3 is 2.86 bits per heavy atom. The first-order chi connectivity index (χ1) is 9.91. The molecule has 2 aliphatic rings. The van der Waals surface area contributed by atoms with Crippen LogP contribution in [0.15, 0.2) is 16.6 Å². The first-order valence-electron chi connectivity index (χ1n) is 7.54. The van der Waals surface area contributed by atoms with Crippen LogP contribution < -0.4 is 15.5 Å². The highest BCUT2D eigenvalue weighted by atomic mass is 79.9. The molecule has 1 fully saturated rings. The van der Waals surface area contributed by atoms with Gasteiger partial charge in [-0.3, -0.25) is 4.79 Å². The third kappa shape index (κ3) is 2.69. The minimum Gasteiger partial charge on any atom is -0.370 e. The Labute approximate surface area is 134 Å². The Morgan fingerprint density at radius 1 is 1.48 bits per heavy atom. The molecular formula is C16H22BrN3O. The highest BCUT2D eigenvalue weighted by Crippen LogP contribution is 2.42. The topological polar surface area (TPSA) is 44.4 Å². The van der Waals surface area contributed by atoms with Crippen LogP contribution in [0.25, 0.3) is 0 Å². The summed E-state index contributed by atoms with van der Waals surface area (Å²) in [6, 6.07) is 3.96. The van der Waals surface area contributed by atoms with Gasteiger partial charge in [0, 0.05) is 28.8 Å². The molecule has 3 rings (SSSR count). The summed E-state index contributed by atoms with van der Waals surface area (Å²) in [6.45, 7) is 9.51. The average molecular weight is 352 g/mol. The summed E-state index contributed by atoms with van der Waals surface area (Å²) in [5.74, 6) is 0.0395. The summed E-state index contributed by atoms with van der Waals surface area (Å²) in [6.07, 6.45) is 1.20. The van der Waals surface area contributed by atoms with Crippen molar-refractivity contribution in [1.29, 1.82) is 0 Å². The lowest BCUT2D eigenvalue weighted by Crippen LogP contribution is -2.27. The number of halogens is 1. The Bertz CT molecular complexity index is 585. The molecule has 21 heavy (non-hydrogen) atoms. The molecule has 2 aliphatic heterocycles. The fourth-order valence-corrected chi connectivity index (χ4v) is 3.85. The maximum absolute atomic E-state index is 12.1. The van der Waals surface area contributed by atoms with Crippen molar-refractivity contribution in [3.63, 3.8) is 0 Å². The van der Waals surface area contributed by atoms with Crippen molar-refractivity contribution in [2.24, 2.45) is 5.41 Å². The highest BCUT2D eigenvalue weighted by molar-refractivity contribution is 9.10. The Hall–Kier alpha value is -1.07. The maximum Gasteiger partial charge on any atom is 0.246 e. The zero-order valence-corrected chi connectivity index (χ0v) is 14.4. The smallest absolute Gasteiger partial charge is 0.246 e. The third-order valence-electron chi connectivity index (χ3n) is 4.38. The van der Waals surface area contributed by atoms with Crippen molar-refractivity contribution >= 4 is 33.2 Å². The number of fused-ring (bicyclic) bond motifs is 1. The maximum atomic E-state index is 12.1. The lowest BCUT2D eigenvalue weighted by molar-refractivity contribution is -0.117. The van der Waals surface area contributed by atoms with Crippen molar-refractivity contribution in [3.05, 3.63) is 22.2 Å². The van der Waals surface area contributed by atoms with E-state index in [1.807, 2.05) is 6.92 Å². The lowest BCUT2D eigenvalue weighted by atomic mass is 9.93. The van der Waals surface area contributed by atoms with Crippen LogP contribution in [0, 0.1) is 5.41 Å². The molecule has 5 heteroatoms. The lowest BCUT2D eigenvalue weighted by Gasteiger charge is -2.23. The van der Waals surface area contributed by atoms with Crippen LogP contribution in [0.4, 0.5) is 11.4 Å². The number of hydrogen-bond donors (Lipinski definition) is 2. The van der Waals surface area contributed by atoms with Gasteiger partial charge < -0.3 is 15.5 Å². The molecule has 1 atom stereocenters. The van der Waals surface area contributed by atoms with Gasteiger partial charge in [0.05, 0.1) is 5.69 Å². The number of nitrogens with one attached hydrogen (secondary N) is 2. The van der Waals surface area contributed by atoms with Gasteiger partial charge in [-0.2, -0.15) is 0 Å². The first kappa shape index (κ1) is 14.9. The molecule has 1 aromatic carbocycles. The van der Waals surface area contributed by atoms with Gasteiger partial charge in [0.15, 0.2) is 0 Å². The summed E-state index contributed by atoms with van der Waals surface area (Å²) in [7, 11) is 0. The number of amides is 1. The standard InChI is InChI=1S/C16H22BrN3O/c1-4-18-14-10-7-11(17)13(8-12(10)19-15(14)21)20-6-5-16(2,3)9-20/h7-8,14,18H,4-6,9H2,1-3H3,(H,19,21). The van der Waals surface area contributed by atoms with Crippen molar-refractivity contribution < 1.29 is 4.79 Å². The Balaban J connectivity index is 1.93. The molecule has 0 spiro atoms. The van der Waals surface area contributed by atoms with Gasteiger partial charge in [0.2, 0.25) is 5.91 Å². The van der Waals surface area contributed by atoms with Gasteiger partial charge in [0.1, 0.15) is 6.04 Å². The van der Waals surface area contributed by atoms with Crippen LogP contribution in [0.1, 0.15) is 38.8 Å². The van der Waals surface area contributed by atoms with E-state index in [-0.39, 0.29) is 11.9 Å². The zero-order valence-electron chi connectivity index (χ0n) is 12.8. The zero-order chi connectivity index (χ0) is 15.2. The van der Waals surface area contributed by atoms with E-state index >= 15 is 0 Å². The molecule has 0 aliphatic carbocycles. The van der Waals surface area contributed by atoms with Crippen molar-refractivity contribution in [2.45, 2.75) is 33.2 Å². The quantitative estimate of drug-likeness (QED) is 0.878. The highest BCUT2D eigenvalue weighted by Gasteiger charge is 2.34. The predicted octanol–water partition coefficient (Wildman–Crippen LogP) is 3.29. The number of likely N-dealkylation sites (N-methyl/N-ethyl adjacent to an activating group) is 1. The van der Waals surface area contributed by atoms with Crippen LogP contribution >= 0.6 is 15.9 Å². The van der Waals surface area contributed by atoms with Crippen molar-refractivity contribution in [1.82, 2.24) is 5.32 Å². The van der Waals surface area contributed by atoms with E-state index in [1.165, 1.54) is 12.1 Å². The molecular weight excluding hydrogens is 330 g/mol. The molecule has 2 N–H and O–H groups in total. The first-order valence-corrected chi connectivity index (χ1v) is 8.33. The summed E-state index contributed by atoms with van der Waals surface area (Å²) in [5, 5.41) is 6.23. The van der Waals surface area contributed by atoms with Crippen LogP contribution in [-0.2, 0) is 4.79 Å². The van der Waals surface area contributed by atoms with E-state index in [0.29, 0.717) is 5.41 Å². The van der Waals surface area contributed by atoms with E-state index in [4.69, 9.17) is 0 Å². The van der Waals surface area contributed by atoms with Gasteiger partial charge >= 0.3 is 0 Å². The molecule has 0 aromatic heterocycles. The van der Waals surface area contributed by atoms with Crippen LogP contribution in [0.5, 0.6) is 0 Å². The third-order valence-corrected chi connectivity index (χ3v) is 5.01. The summed E-state index contributed by atoms with van der Waals surface area (Å²) >= 11 is 3.69. The largest absolute Gasteiger partial charge is 0.370 e. The second-order valence-corrected chi connectivity index (χ2v) is 7.56. The number of carbonyl (C=O) groups excluding carboxylic acids is 1. The number of nitrogens with zero attached hydrogens (tertiary/aromatic N) is 1. The van der Waals surface area contributed by atoms with Gasteiger partial charge in [-0.15, -0.1) is 0 Å². The minimum atomic E-state index is -0.231. The summed E-state index contributed by atoms with van der Waals surface area (Å²) in [5.41, 5.74) is 3.51. The molecule has 2 heterocycles. The molecule has 0 radical (unpaired) electrons. The summed E-state index contributed by atoms with van der Waals surface area (Å²) in [4.78, 5) is 14.5. The van der Waals surface area contributed by atoms with Crippen LogP contribution in [-0.4, -0.2) is 25.5 Å². The SMILES string of the molecule is CCNC1C(=O)Nc2cc(N3CCC(C)(C)C3)c(Br)cc21. The van der Waals surface area contributed by atoms with Crippen LogP contribution in [0.3, 0.4) is 0 Å². The second-order valence-electron chi connectivity index (χ2n) is 6.71. The van der Waals surface area contributed by atoms with Crippen molar-refractivity contribution in [3.8, 4) is 0 Å². The number of anilines is 2. The van der Waals surface area contributed by atoms with Gasteiger partial charge in [-0.05, 0) is 46.4 Å². The monoisotopic (exact) mass is 351 g/mol. The molecule has 1 amide bonds. The molecule has 1 saturated heterocycles. The Morgan fingerprint density at radius 2 is 2.24 bits per heavy atom. The normalized spacial score (nSPS) is 23.3. The van der Waals surface area contributed by atoms with Crippen molar-refractivity contribution in [2.75, 3.05) is 29.9 Å². The second kappa shape index (κ2) is 5.29. The fourth-order valence-electron chi connectivity index (χ4n) is 3.24. The predicted molar refractivity (Wildman–Crippen MR) is 89.8 cm³/mol. The molecule has 0 saturated carbocycles. The number of hydrogen-bond acceptors (Lipinski definition) is 3. The van der Waals surface area contributed by atoms with E-state index in [1.54, 1.807) is 0 Å². The molecule has 114 valence electrons. The van der Waals surface area contributed by atoms with Crippen LogP contribution in [0.2, 0.25) is 0 Å². The van der Waals surface area contributed by atoms with E-state index in [0.717, 1.165) is 35.4 Å².